The van der Waals surface area contributed by atoms with Crippen molar-refractivity contribution in [3.05, 3.63) is 92.9 Å². The zero-order chi connectivity index (χ0) is 29.5. The lowest BCUT2D eigenvalue weighted by Gasteiger charge is -2.46. The molecular formula is C28H26F3N3O6S. The van der Waals surface area contributed by atoms with Crippen molar-refractivity contribution in [2.24, 2.45) is 0 Å². The number of hydrogen-bond donors (Lipinski definition) is 0. The molecule has 2 aliphatic rings. The average Bonchev–Trinajstić information content (AvgIpc) is 3.11. The minimum Gasteiger partial charge on any atom is -0.451 e. The maximum absolute atomic E-state index is 14.1. The van der Waals surface area contributed by atoms with Gasteiger partial charge in [0, 0.05) is 22.9 Å². The van der Waals surface area contributed by atoms with E-state index in [1.54, 1.807) is 16.8 Å². The Labute approximate surface area is 237 Å². The zero-order valence-electron chi connectivity index (χ0n) is 22.3. The average molecular weight is 590 g/mol. The summed E-state index contributed by atoms with van der Waals surface area (Å²) in [5.41, 5.74) is 2.45. The Morgan fingerprint density at radius 1 is 1.12 bits per heavy atom. The van der Waals surface area contributed by atoms with E-state index in [1.807, 2.05) is 49.4 Å². The highest BCUT2D eigenvalue weighted by Crippen LogP contribution is 2.44. The van der Waals surface area contributed by atoms with Crippen molar-refractivity contribution >= 4 is 23.8 Å². The Bertz CT molecular complexity index is 1560. The SMILES string of the molecule is COC(=O)OCOc1c2n(ccc1=O)N([C@@H]1c3ccccc3SCc3cccc(C)c31)CN([C@H](C)C(F)(F)F)C2=O. The largest absolute Gasteiger partial charge is 0.510 e. The summed E-state index contributed by atoms with van der Waals surface area (Å²) >= 11 is 1.61. The van der Waals surface area contributed by atoms with E-state index in [9.17, 15) is 27.6 Å². The third-order valence-corrected chi connectivity index (χ3v) is 8.28. The van der Waals surface area contributed by atoms with Gasteiger partial charge in [-0.25, -0.2) is 4.79 Å². The predicted octanol–water partition coefficient (Wildman–Crippen LogP) is 4.97. The van der Waals surface area contributed by atoms with Crippen LogP contribution in [0.15, 0.2) is 64.4 Å². The molecule has 0 fully saturated rings. The smallest absolute Gasteiger partial charge is 0.451 e. The number of hydrogen-bond acceptors (Lipinski definition) is 8. The highest BCUT2D eigenvalue weighted by molar-refractivity contribution is 7.98. The second-order valence-corrected chi connectivity index (χ2v) is 10.5. The van der Waals surface area contributed by atoms with Gasteiger partial charge in [0.1, 0.15) is 12.7 Å². The number of thioether (sulfide) groups is 1. The van der Waals surface area contributed by atoms with Crippen LogP contribution in [0.3, 0.4) is 0 Å². The fourth-order valence-corrected chi connectivity index (χ4v) is 6.16. The number of benzene rings is 2. The number of alkyl halides is 3. The Balaban J connectivity index is 1.74. The first-order valence-electron chi connectivity index (χ1n) is 12.6. The molecule has 0 saturated heterocycles. The highest BCUT2D eigenvalue weighted by atomic mass is 32.2. The summed E-state index contributed by atoms with van der Waals surface area (Å²) in [6.07, 6.45) is -4.51. The molecule has 3 heterocycles. The Kier molecular flexibility index (Phi) is 7.64. The molecule has 0 saturated carbocycles. The molecule has 0 aliphatic carbocycles. The van der Waals surface area contributed by atoms with Crippen LogP contribution in [-0.2, 0) is 15.2 Å². The molecule has 3 aromatic rings. The van der Waals surface area contributed by atoms with Crippen molar-refractivity contribution in [2.75, 3.05) is 25.6 Å². The number of halogens is 3. The number of carbonyl (C=O) groups is 2. The summed E-state index contributed by atoms with van der Waals surface area (Å²) in [6.45, 7) is 1.58. The minimum atomic E-state index is -4.75. The van der Waals surface area contributed by atoms with Gasteiger partial charge in [-0.05, 0) is 42.2 Å². The minimum absolute atomic E-state index is 0.419. The van der Waals surface area contributed by atoms with Gasteiger partial charge < -0.3 is 19.1 Å². The molecule has 0 bridgehead atoms. The second-order valence-electron chi connectivity index (χ2n) is 9.51. The van der Waals surface area contributed by atoms with Crippen LogP contribution in [-0.4, -0.2) is 54.4 Å². The van der Waals surface area contributed by atoms with Crippen LogP contribution < -0.4 is 15.2 Å². The van der Waals surface area contributed by atoms with E-state index in [0.29, 0.717) is 10.7 Å². The van der Waals surface area contributed by atoms with Gasteiger partial charge in [0.2, 0.25) is 18.0 Å². The summed E-state index contributed by atoms with van der Waals surface area (Å²) in [4.78, 5) is 39.7. The van der Waals surface area contributed by atoms with Gasteiger partial charge >= 0.3 is 12.3 Å². The van der Waals surface area contributed by atoms with E-state index in [-0.39, 0.29) is 0 Å². The van der Waals surface area contributed by atoms with Crippen LogP contribution in [0.5, 0.6) is 5.75 Å². The summed E-state index contributed by atoms with van der Waals surface area (Å²) in [6, 6.07) is 11.8. The number of fused-ring (bicyclic) bond motifs is 3. The lowest BCUT2D eigenvalue weighted by Crippen LogP contribution is -2.60. The van der Waals surface area contributed by atoms with Gasteiger partial charge in [0.05, 0.1) is 13.2 Å². The first-order valence-corrected chi connectivity index (χ1v) is 13.6. The van der Waals surface area contributed by atoms with Crippen molar-refractivity contribution in [1.29, 1.82) is 0 Å². The van der Waals surface area contributed by atoms with E-state index < -0.39 is 60.7 Å². The molecule has 5 rings (SSSR count). The van der Waals surface area contributed by atoms with Gasteiger partial charge in [0.25, 0.3) is 5.91 Å². The van der Waals surface area contributed by atoms with Crippen molar-refractivity contribution in [2.45, 2.75) is 42.8 Å². The van der Waals surface area contributed by atoms with Gasteiger partial charge in [-0.15, -0.1) is 11.8 Å². The molecule has 0 radical (unpaired) electrons. The fourth-order valence-electron chi connectivity index (χ4n) is 5.08. The Morgan fingerprint density at radius 2 is 1.88 bits per heavy atom. The first-order chi connectivity index (χ1) is 19.5. The molecule has 9 nitrogen and oxygen atoms in total. The van der Waals surface area contributed by atoms with Crippen molar-refractivity contribution < 1.29 is 37.0 Å². The number of rotatable bonds is 5. The number of aromatic nitrogens is 1. The summed E-state index contributed by atoms with van der Waals surface area (Å²) in [5.74, 6) is -0.971. The summed E-state index contributed by atoms with van der Waals surface area (Å²) in [7, 11) is 1.07. The third kappa shape index (κ3) is 5.21. The molecule has 0 N–H and O–H groups in total. The lowest BCUT2D eigenvalue weighted by atomic mass is 9.90. The molecule has 1 amide bonds. The van der Waals surface area contributed by atoms with Crippen LogP contribution in [0.4, 0.5) is 18.0 Å². The van der Waals surface area contributed by atoms with Crippen LogP contribution >= 0.6 is 11.8 Å². The molecule has 2 aromatic carbocycles. The van der Waals surface area contributed by atoms with E-state index in [1.165, 1.54) is 10.9 Å². The maximum atomic E-state index is 14.1. The molecule has 216 valence electrons. The van der Waals surface area contributed by atoms with Crippen molar-refractivity contribution in [1.82, 2.24) is 9.58 Å². The summed E-state index contributed by atoms with van der Waals surface area (Å²) in [5, 5.41) is 1.63. The van der Waals surface area contributed by atoms with Gasteiger partial charge in [-0.2, -0.15) is 13.2 Å². The van der Waals surface area contributed by atoms with Gasteiger partial charge in [0.15, 0.2) is 5.69 Å². The Hall–Kier alpha value is -4.13. The van der Waals surface area contributed by atoms with E-state index in [0.717, 1.165) is 47.2 Å². The van der Waals surface area contributed by atoms with Gasteiger partial charge in [-0.3, -0.25) is 19.3 Å². The van der Waals surface area contributed by atoms with Crippen LogP contribution in [0.25, 0.3) is 0 Å². The topological polar surface area (TPSA) is 90.3 Å². The molecule has 2 aliphatic heterocycles. The molecular weight excluding hydrogens is 563 g/mol. The second kappa shape index (κ2) is 11.0. The van der Waals surface area contributed by atoms with Crippen molar-refractivity contribution in [3.63, 3.8) is 0 Å². The molecule has 41 heavy (non-hydrogen) atoms. The quantitative estimate of drug-likeness (QED) is 0.304. The van der Waals surface area contributed by atoms with Crippen LogP contribution in [0, 0.1) is 6.92 Å². The molecule has 1 aromatic heterocycles. The van der Waals surface area contributed by atoms with Gasteiger partial charge in [-0.1, -0.05) is 36.4 Å². The van der Waals surface area contributed by atoms with Crippen molar-refractivity contribution in [3.8, 4) is 5.75 Å². The first kappa shape index (κ1) is 28.4. The maximum Gasteiger partial charge on any atom is 0.510 e. The predicted molar refractivity (Wildman–Crippen MR) is 143 cm³/mol. The van der Waals surface area contributed by atoms with E-state index >= 15 is 0 Å². The monoisotopic (exact) mass is 589 g/mol. The number of nitrogens with zero attached hydrogens (tertiary/aromatic N) is 3. The number of amides is 1. The molecule has 0 unspecified atom stereocenters. The van der Waals surface area contributed by atoms with E-state index in [4.69, 9.17) is 9.47 Å². The number of aryl methyl sites for hydroxylation is 1. The third-order valence-electron chi connectivity index (χ3n) is 7.14. The standard InChI is InChI=1S/C28H26F3N3O6S/c1-16-7-6-8-18-13-41-21-10-5-4-9-19(21)23(22(16)18)34-14-32(17(2)28(29,30)31)26(36)24-25(20(35)11-12-33(24)34)39-15-40-27(37)38-3/h4-12,17,23H,13-15H2,1-3H3/t17-,23-/m1/s1. The molecule has 0 spiro atoms. The number of pyridine rings is 1. The highest BCUT2D eigenvalue weighted by Gasteiger charge is 2.48. The van der Waals surface area contributed by atoms with Crippen LogP contribution in [0.2, 0.25) is 0 Å². The number of ether oxygens (including phenoxy) is 3. The normalized spacial score (nSPS) is 17.1. The molecule has 2 atom stereocenters. The lowest BCUT2D eigenvalue weighted by molar-refractivity contribution is -0.173. The number of methoxy groups -OCH3 is 1. The number of carbonyl (C=O) groups excluding carboxylic acids is 2. The summed E-state index contributed by atoms with van der Waals surface area (Å²) < 4.78 is 58.1. The zero-order valence-corrected chi connectivity index (χ0v) is 23.1. The Morgan fingerprint density at radius 3 is 2.61 bits per heavy atom. The van der Waals surface area contributed by atoms with Crippen LogP contribution in [0.1, 0.15) is 45.7 Å². The van der Waals surface area contributed by atoms with E-state index in [2.05, 4.69) is 4.74 Å². The fraction of sp³-hybridized carbons (Fsp3) is 0.321. The molecule has 13 heteroatoms.